The number of methoxy groups -OCH3 is 1. The van der Waals surface area contributed by atoms with Crippen LogP contribution in [0.2, 0.25) is 0 Å². The average Bonchev–Trinajstić information content (AvgIpc) is 3.84. The van der Waals surface area contributed by atoms with Gasteiger partial charge in [0, 0.05) is 27.6 Å². The van der Waals surface area contributed by atoms with Crippen molar-refractivity contribution >= 4 is 81.5 Å². The van der Waals surface area contributed by atoms with E-state index in [1.165, 1.54) is 5.56 Å². The van der Waals surface area contributed by atoms with Gasteiger partial charge in [0.15, 0.2) is 0 Å². The molecular formula is C43H41BrN4O9S2. The van der Waals surface area contributed by atoms with Crippen LogP contribution in [0.4, 0.5) is 11.4 Å². The maximum absolute atomic E-state index is 11.7. The van der Waals surface area contributed by atoms with Crippen LogP contribution in [0.1, 0.15) is 37.1 Å². The molecule has 0 fully saturated rings. The quantitative estimate of drug-likeness (QED) is 0.136. The minimum absolute atomic E-state index is 0.0709. The summed E-state index contributed by atoms with van der Waals surface area (Å²) in [6.45, 7) is 4.26. The largest absolute Gasteiger partial charge is 0.497 e. The van der Waals surface area contributed by atoms with E-state index in [4.69, 9.17) is 23.9 Å². The number of ether oxygens (including phenoxy) is 1. The van der Waals surface area contributed by atoms with E-state index in [9.17, 15) is 16.8 Å². The predicted octanol–water partition coefficient (Wildman–Crippen LogP) is 8.52. The van der Waals surface area contributed by atoms with Crippen molar-refractivity contribution in [3.63, 3.8) is 0 Å². The smallest absolute Gasteiger partial charge is 0.373 e. The van der Waals surface area contributed by atoms with Crippen LogP contribution >= 0.6 is 15.9 Å². The highest BCUT2D eigenvalue weighted by Crippen LogP contribution is 2.33. The lowest BCUT2D eigenvalue weighted by Gasteiger charge is -2.17. The number of sulfonamides is 2. The molecular weight excluding hydrogens is 861 g/mol. The first-order valence-corrected chi connectivity index (χ1v) is 22.2. The molecule has 7 rings (SSSR count). The van der Waals surface area contributed by atoms with Crippen LogP contribution in [0, 0.1) is 0 Å². The molecule has 2 N–H and O–H groups in total. The number of aromatic nitrogens is 2. The van der Waals surface area contributed by atoms with E-state index < -0.39 is 20.0 Å². The van der Waals surface area contributed by atoms with Crippen LogP contribution in [-0.4, -0.2) is 57.9 Å². The van der Waals surface area contributed by atoms with Crippen LogP contribution in [-0.2, 0) is 39.2 Å². The Morgan fingerprint density at radius 3 is 1.42 bits per heavy atom. The first kappa shape index (κ1) is 45.4. The van der Waals surface area contributed by atoms with Crippen molar-refractivity contribution in [3.8, 4) is 16.9 Å². The second-order valence-electron chi connectivity index (χ2n) is 13.1. The summed E-state index contributed by atoms with van der Waals surface area (Å²) in [6, 6.07) is 40.0. The lowest BCUT2D eigenvalue weighted by molar-refractivity contribution is -0.193. The van der Waals surface area contributed by atoms with Gasteiger partial charge in [-0.2, -0.15) is 19.2 Å². The van der Waals surface area contributed by atoms with Crippen LogP contribution < -0.4 is 14.2 Å². The van der Waals surface area contributed by atoms with E-state index in [1.807, 2.05) is 79.1 Å². The van der Waals surface area contributed by atoms with Gasteiger partial charge >= 0.3 is 12.3 Å². The van der Waals surface area contributed by atoms with E-state index >= 15 is 0 Å². The van der Waals surface area contributed by atoms with Crippen molar-refractivity contribution in [1.29, 1.82) is 0 Å². The molecule has 2 aromatic heterocycles. The Morgan fingerprint density at radius 2 is 0.983 bits per heavy atom. The number of anilines is 2. The number of hydrogen-bond donors (Lipinski definition) is 2. The number of nitrogens with one attached hydrogen (secondary N) is 2. The molecule has 16 heteroatoms. The molecule has 0 saturated heterocycles. The number of nitrogens with zero attached hydrogens (tertiary/aromatic N) is 2. The maximum Gasteiger partial charge on any atom is 0.373 e. The third-order valence-corrected chi connectivity index (χ3v) is 10.7. The summed E-state index contributed by atoms with van der Waals surface area (Å²) < 4.78 is 62.3. The van der Waals surface area contributed by atoms with Crippen molar-refractivity contribution in [3.05, 3.63) is 149 Å². The Bertz CT molecular complexity index is 2830. The third kappa shape index (κ3) is 12.4. The predicted molar refractivity (Wildman–Crippen MR) is 231 cm³/mol. The van der Waals surface area contributed by atoms with E-state index in [1.54, 1.807) is 19.2 Å². The second-order valence-corrected chi connectivity index (χ2v) is 17.5. The van der Waals surface area contributed by atoms with Gasteiger partial charge in [0.2, 0.25) is 20.0 Å². The van der Waals surface area contributed by atoms with Crippen molar-refractivity contribution in [2.75, 3.05) is 29.1 Å². The lowest BCUT2D eigenvalue weighted by Crippen LogP contribution is -2.10. The summed E-state index contributed by atoms with van der Waals surface area (Å²) in [5, 5.41) is 1.76. The summed E-state index contributed by atoms with van der Waals surface area (Å²) >= 11 is 3.50. The third-order valence-electron chi connectivity index (χ3n) is 9.05. The molecule has 7 aromatic rings. The minimum atomic E-state index is -3.34. The number of benzene rings is 5. The van der Waals surface area contributed by atoms with Gasteiger partial charge in [-0.15, -0.1) is 0 Å². The van der Waals surface area contributed by atoms with Crippen LogP contribution in [0.5, 0.6) is 5.75 Å². The number of carbonyl (C=O) groups excluding carboxylic acids is 4. The van der Waals surface area contributed by atoms with Crippen LogP contribution in [0.25, 0.3) is 32.9 Å². The molecule has 306 valence electrons. The normalized spacial score (nSPS) is 11.8. The zero-order valence-corrected chi connectivity index (χ0v) is 35.8. The number of rotatable bonds is 10. The van der Waals surface area contributed by atoms with Gasteiger partial charge in [0.25, 0.3) is 0 Å². The summed E-state index contributed by atoms with van der Waals surface area (Å²) in [6.07, 6.45) is 6.81. The van der Waals surface area contributed by atoms with Crippen molar-refractivity contribution in [2.45, 2.75) is 25.9 Å². The molecule has 0 radical (unpaired) electrons. The standard InChI is InChI=1S/C24H24N2O3S.C17H17BrN2O2S.2CO2/c1-17(18-7-4-8-19(15-18)20-9-5-10-21(16-20)29-2)26-14-13-22-23(25-30(3,27)28)11-6-12-24(22)26;1-12(13-5-3-6-14(18)11-13)20-10-9-15-16(19-23(2,21)22)7-4-8-17(15)20;2*2-1-3/h4-17,25H,1-3H3;3-12,19H,1-2H3;;. The van der Waals surface area contributed by atoms with Crippen molar-refractivity contribution in [1.82, 2.24) is 9.13 Å². The van der Waals surface area contributed by atoms with Gasteiger partial charge in [0.1, 0.15) is 5.75 Å². The van der Waals surface area contributed by atoms with Gasteiger partial charge in [-0.25, -0.2) is 16.8 Å². The molecule has 0 aliphatic heterocycles. The molecule has 0 saturated carbocycles. The SMILES string of the molecule is CC(c1cccc(Br)c1)n1ccc2c(NS(C)(=O)=O)cccc21.COc1cccc(-c2cccc(C(C)n3ccc4c(NS(C)(=O)=O)cccc43)c2)c1.O=C=O.O=C=O. The van der Waals surface area contributed by atoms with Gasteiger partial charge in [-0.05, 0) is 103 Å². The molecule has 0 spiro atoms. The zero-order chi connectivity index (χ0) is 43.3. The lowest BCUT2D eigenvalue weighted by atomic mass is 10.00. The highest BCUT2D eigenvalue weighted by atomic mass is 79.9. The van der Waals surface area contributed by atoms with Crippen molar-refractivity contribution < 1.29 is 40.8 Å². The molecule has 59 heavy (non-hydrogen) atoms. The molecule has 2 unspecified atom stereocenters. The van der Waals surface area contributed by atoms with E-state index in [0.717, 1.165) is 61.2 Å². The number of fused-ring (bicyclic) bond motifs is 2. The molecule has 0 aliphatic rings. The zero-order valence-electron chi connectivity index (χ0n) is 32.6. The fourth-order valence-corrected chi connectivity index (χ4v) is 8.07. The summed E-state index contributed by atoms with van der Waals surface area (Å²) in [5.41, 5.74) is 7.72. The summed E-state index contributed by atoms with van der Waals surface area (Å²) in [5.74, 6) is 0.827. The average molecular weight is 902 g/mol. The first-order valence-electron chi connectivity index (χ1n) is 17.7. The fourth-order valence-electron chi connectivity index (χ4n) is 6.50. The van der Waals surface area contributed by atoms with Gasteiger partial charge in [-0.3, -0.25) is 9.44 Å². The Labute approximate surface area is 350 Å². The summed E-state index contributed by atoms with van der Waals surface area (Å²) in [4.78, 5) is 32.5. The molecule has 0 aliphatic carbocycles. The molecule has 0 amide bonds. The Balaban J connectivity index is 0.000000236. The maximum atomic E-state index is 11.7. The minimum Gasteiger partial charge on any atom is -0.497 e. The van der Waals surface area contributed by atoms with Gasteiger partial charge < -0.3 is 13.9 Å². The molecule has 2 heterocycles. The van der Waals surface area contributed by atoms with Gasteiger partial charge in [0.05, 0.1) is 54.1 Å². The molecule has 2 atom stereocenters. The van der Waals surface area contributed by atoms with E-state index in [0.29, 0.717) is 11.4 Å². The van der Waals surface area contributed by atoms with E-state index in [2.05, 4.69) is 90.8 Å². The monoisotopic (exact) mass is 900 g/mol. The van der Waals surface area contributed by atoms with Crippen LogP contribution in [0.3, 0.4) is 0 Å². The van der Waals surface area contributed by atoms with Crippen LogP contribution in [0.15, 0.2) is 138 Å². The van der Waals surface area contributed by atoms with Crippen molar-refractivity contribution in [2.24, 2.45) is 0 Å². The first-order chi connectivity index (χ1) is 28.0. The topological polar surface area (TPSA) is 180 Å². The molecule has 5 aromatic carbocycles. The Hall–Kier alpha value is -6.28. The summed E-state index contributed by atoms with van der Waals surface area (Å²) in [7, 11) is -4.98. The highest BCUT2D eigenvalue weighted by molar-refractivity contribution is 9.10. The highest BCUT2D eigenvalue weighted by Gasteiger charge is 2.16. The second kappa shape index (κ2) is 20.4. The number of hydrogen-bond acceptors (Lipinski definition) is 9. The number of halogens is 1. The Morgan fingerprint density at radius 1 is 0.576 bits per heavy atom. The molecule has 13 nitrogen and oxygen atoms in total. The fraction of sp³-hybridized carbons (Fsp3) is 0.163. The van der Waals surface area contributed by atoms with Gasteiger partial charge in [-0.1, -0.05) is 70.5 Å². The van der Waals surface area contributed by atoms with E-state index in [-0.39, 0.29) is 24.4 Å². The molecule has 0 bridgehead atoms. The Kier molecular flexibility index (Phi) is 15.7.